The van der Waals surface area contributed by atoms with Crippen LogP contribution in [0, 0.1) is 22.7 Å². The van der Waals surface area contributed by atoms with E-state index in [2.05, 4.69) is 25.9 Å². The molecule has 2 aromatic rings. The maximum Gasteiger partial charge on any atom is 0.239 e. The summed E-state index contributed by atoms with van der Waals surface area (Å²) in [6.45, 7) is 0. The Morgan fingerprint density at radius 1 is 1.39 bits per heavy atom. The Labute approximate surface area is 135 Å². The number of tetrazole rings is 1. The zero-order valence-corrected chi connectivity index (χ0v) is 12.7. The summed E-state index contributed by atoms with van der Waals surface area (Å²) in [4.78, 5) is -0.325. The Bertz CT molecular complexity index is 937. The van der Waals surface area contributed by atoms with Crippen LogP contribution in [0.15, 0.2) is 28.8 Å². The SMILES string of the molecule is N#CC(C#N)=CNc1cc(Cl)c(S(N)(=O)=O)cc1-c1nn[nH]n1. The highest BCUT2D eigenvalue weighted by atomic mass is 35.5. The van der Waals surface area contributed by atoms with Crippen molar-refractivity contribution < 1.29 is 8.42 Å². The van der Waals surface area contributed by atoms with Crippen LogP contribution in [-0.4, -0.2) is 29.0 Å². The van der Waals surface area contributed by atoms with E-state index in [0.29, 0.717) is 0 Å². The van der Waals surface area contributed by atoms with Crippen molar-refractivity contribution in [3.8, 4) is 23.5 Å². The zero-order chi connectivity index (χ0) is 17.0. The van der Waals surface area contributed by atoms with Crippen LogP contribution in [0.2, 0.25) is 5.02 Å². The second-order valence-electron chi connectivity index (χ2n) is 4.03. The molecule has 0 spiro atoms. The Kier molecular flexibility index (Phi) is 4.57. The van der Waals surface area contributed by atoms with Crippen molar-refractivity contribution in [1.29, 1.82) is 10.5 Å². The van der Waals surface area contributed by atoms with Crippen LogP contribution in [0.5, 0.6) is 0 Å². The lowest BCUT2D eigenvalue weighted by Gasteiger charge is -2.10. The number of hydrogen-bond donors (Lipinski definition) is 3. The first kappa shape index (κ1) is 16.4. The maximum atomic E-state index is 11.6. The van der Waals surface area contributed by atoms with Crippen molar-refractivity contribution in [3.63, 3.8) is 0 Å². The number of nitrogens with one attached hydrogen (secondary N) is 2. The number of primary sulfonamides is 1. The van der Waals surface area contributed by atoms with Crippen molar-refractivity contribution in [2.24, 2.45) is 5.14 Å². The van der Waals surface area contributed by atoms with Crippen molar-refractivity contribution in [3.05, 3.63) is 28.9 Å². The molecule has 10 nitrogen and oxygen atoms in total. The number of H-pyrrole nitrogens is 1. The van der Waals surface area contributed by atoms with Gasteiger partial charge in [-0.2, -0.15) is 15.7 Å². The summed E-state index contributed by atoms with van der Waals surface area (Å²) < 4.78 is 23.1. The summed E-state index contributed by atoms with van der Waals surface area (Å²) in [6, 6.07) is 5.75. The van der Waals surface area contributed by atoms with Gasteiger partial charge in [0, 0.05) is 11.8 Å². The molecule has 12 heteroatoms. The molecule has 23 heavy (non-hydrogen) atoms. The van der Waals surface area contributed by atoms with Gasteiger partial charge in [0.25, 0.3) is 0 Å². The number of rotatable bonds is 4. The lowest BCUT2D eigenvalue weighted by Crippen LogP contribution is -2.13. The van der Waals surface area contributed by atoms with E-state index < -0.39 is 10.0 Å². The second kappa shape index (κ2) is 6.41. The minimum Gasteiger partial charge on any atom is -0.359 e. The van der Waals surface area contributed by atoms with E-state index in [4.69, 9.17) is 27.3 Å². The van der Waals surface area contributed by atoms with Crippen LogP contribution in [0.4, 0.5) is 5.69 Å². The molecule has 0 saturated heterocycles. The Hall–Kier alpha value is -2.99. The number of sulfonamides is 1. The molecule has 1 aromatic carbocycles. The molecule has 0 fully saturated rings. The number of nitrogens with zero attached hydrogens (tertiary/aromatic N) is 5. The fraction of sp³-hybridized carbons (Fsp3) is 0. The fourth-order valence-electron chi connectivity index (χ4n) is 1.59. The Morgan fingerprint density at radius 3 is 2.61 bits per heavy atom. The number of anilines is 1. The molecule has 0 aliphatic carbocycles. The van der Waals surface area contributed by atoms with E-state index in [1.165, 1.54) is 6.07 Å². The molecule has 0 saturated carbocycles. The van der Waals surface area contributed by atoms with Crippen LogP contribution in [-0.2, 0) is 10.0 Å². The molecule has 116 valence electrons. The summed E-state index contributed by atoms with van der Waals surface area (Å²) in [5.74, 6) is 0.0675. The van der Waals surface area contributed by atoms with Crippen molar-refractivity contribution >= 4 is 27.3 Å². The molecule has 0 bridgehead atoms. The predicted molar refractivity (Wildman–Crippen MR) is 78.9 cm³/mol. The number of aromatic nitrogens is 4. The predicted octanol–water partition coefficient (Wildman–Crippen LogP) is 0.510. The van der Waals surface area contributed by atoms with Gasteiger partial charge in [0.05, 0.1) is 10.7 Å². The number of nitrogens with two attached hydrogens (primary N) is 1. The molecule has 0 radical (unpaired) electrons. The summed E-state index contributed by atoms with van der Waals surface area (Å²) in [6.07, 6.45) is 1.13. The van der Waals surface area contributed by atoms with Gasteiger partial charge in [0.2, 0.25) is 15.8 Å². The van der Waals surface area contributed by atoms with Gasteiger partial charge < -0.3 is 5.32 Å². The summed E-state index contributed by atoms with van der Waals surface area (Å²) >= 11 is 5.92. The first-order chi connectivity index (χ1) is 10.9. The molecule has 1 heterocycles. The Balaban J connectivity index is 2.63. The van der Waals surface area contributed by atoms with E-state index in [9.17, 15) is 8.42 Å². The van der Waals surface area contributed by atoms with Gasteiger partial charge >= 0.3 is 0 Å². The highest BCUT2D eigenvalue weighted by molar-refractivity contribution is 7.89. The molecular weight excluding hydrogens is 344 g/mol. The molecule has 2 rings (SSSR count). The number of allylic oxidation sites excluding steroid dienone is 1. The first-order valence-corrected chi connectivity index (χ1v) is 7.66. The van der Waals surface area contributed by atoms with Crippen molar-refractivity contribution in [2.75, 3.05) is 5.32 Å². The zero-order valence-electron chi connectivity index (χ0n) is 11.1. The van der Waals surface area contributed by atoms with Gasteiger partial charge in [-0.3, -0.25) is 0 Å². The number of aromatic amines is 1. The van der Waals surface area contributed by atoms with Gasteiger partial charge in [-0.25, -0.2) is 13.6 Å². The summed E-state index contributed by atoms with van der Waals surface area (Å²) in [7, 11) is -4.07. The van der Waals surface area contributed by atoms with Crippen LogP contribution >= 0.6 is 11.6 Å². The van der Waals surface area contributed by atoms with Gasteiger partial charge in [-0.1, -0.05) is 11.6 Å². The lowest BCUT2D eigenvalue weighted by atomic mass is 10.1. The summed E-state index contributed by atoms with van der Waals surface area (Å²) in [5.41, 5.74) is 0.265. The molecule has 0 atom stereocenters. The molecule has 1 aromatic heterocycles. The summed E-state index contributed by atoms with van der Waals surface area (Å²) in [5, 5.41) is 38.2. The minimum atomic E-state index is -4.07. The number of nitriles is 2. The molecule has 0 amide bonds. The average molecular weight is 351 g/mol. The van der Waals surface area contributed by atoms with Gasteiger partial charge in [0.15, 0.2) is 0 Å². The quantitative estimate of drug-likeness (QED) is 0.668. The van der Waals surface area contributed by atoms with E-state index in [1.54, 1.807) is 12.1 Å². The standard InChI is InChI=1S/C11H7ClN8O2S/c12-8-2-9(16-5-6(3-13)4-14)7(11-17-19-20-18-11)1-10(8)23(15,21)22/h1-2,5,16H,(H2,15,21,22)(H,17,18,19,20). The van der Waals surface area contributed by atoms with E-state index in [0.717, 1.165) is 12.3 Å². The van der Waals surface area contributed by atoms with Crippen LogP contribution < -0.4 is 10.5 Å². The third-order valence-corrected chi connectivity index (χ3v) is 3.95. The second-order valence-corrected chi connectivity index (χ2v) is 5.97. The molecule has 0 aliphatic rings. The monoisotopic (exact) mass is 350 g/mol. The number of benzene rings is 1. The largest absolute Gasteiger partial charge is 0.359 e. The van der Waals surface area contributed by atoms with E-state index >= 15 is 0 Å². The first-order valence-electron chi connectivity index (χ1n) is 5.74. The van der Waals surface area contributed by atoms with Crippen molar-refractivity contribution in [1.82, 2.24) is 20.6 Å². The van der Waals surface area contributed by atoms with E-state index in [-0.39, 0.29) is 32.6 Å². The Morgan fingerprint density at radius 2 is 2.09 bits per heavy atom. The van der Waals surface area contributed by atoms with Crippen molar-refractivity contribution in [2.45, 2.75) is 4.90 Å². The third kappa shape index (κ3) is 3.61. The van der Waals surface area contributed by atoms with Gasteiger partial charge in [-0.05, 0) is 17.3 Å². The van der Waals surface area contributed by atoms with Crippen LogP contribution in [0.25, 0.3) is 11.4 Å². The highest BCUT2D eigenvalue weighted by Gasteiger charge is 2.19. The highest BCUT2D eigenvalue weighted by Crippen LogP contribution is 2.33. The smallest absolute Gasteiger partial charge is 0.239 e. The van der Waals surface area contributed by atoms with Crippen LogP contribution in [0.3, 0.4) is 0 Å². The maximum absolute atomic E-state index is 11.6. The fourth-order valence-corrected chi connectivity index (χ4v) is 2.69. The van der Waals surface area contributed by atoms with Gasteiger partial charge in [-0.15, -0.1) is 10.2 Å². The molecule has 0 unspecified atom stereocenters. The molecule has 4 N–H and O–H groups in total. The average Bonchev–Trinajstić information content (AvgIpc) is 3.01. The van der Waals surface area contributed by atoms with Gasteiger partial charge in [0.1, 0.15) is 22.6 Å². The van der Waals surface area contributed by atoms with Crippen LogP contribution in [0.1, 0.15) is 0 Å². The minimum absolute atomic E-state index is 0.0675. The normalized spacial score (nSPS) is 10.4. The lowest BCUT2D eigenvalue weighted by molar-refractivity contribution is 0.598. The number of halogens is 1. The molecular formula is C11H7ClN8O2S. The third-order valence-electron chi connectivity index (χ3n) is 2.58. The molecule has 0 aliphatic heterocycles. The topological polar surface area (TPSA) is 174 Å². The number of hydrogen-bond acceptors (Lipinski definition) is 8. The van der Waals surface area contributed by atoms with E-state index in [1.807, 2.05) is 0 Å².